The number of methoxy groups -OCH3 is 1. The Hall–Kier alpha value is -0.800. The molecule has 88 valence electrons. The third-order valence-corrected chi connectivity index (χ3v) is 3.13. The van der Waals surface area contributed by atoms with E-state index in [1.807, 2.05) is 25.1 Å². The minimum atomic E-state index is -0.485. The van der Waals surface area contributed by atoms with Crippen molar-refractivity contribution < 1.29 is 9.84 Å². The van der Waals surface area contributed by atoms with E-state index >= 15 is 0 Å². The molecule has 0 heterocycles. The third kappa shape index (κ3) is 3.65. The molecule has 1 aromatic rings. The molecule has 0 aliphatic rings. The second-order valence-electron chi connectivity index (χ2n) is 3.90. The zero-order chi connectivity index (χ0) is 12.1. The quantitative estimate of drug-likeness (QED) is 0.833. The van der Waals surface area contributed by atoms with Crippen molar-refractivity contribution in [3.63, 3.8) is 0 Å². The van der Waals surface area contributed by atoms with Gasteiger partial charge in [-0.25, -0.2) is 0 Å². The molecule has 0 bridgehead atoms. The molecule has 0 aromatic heterocycles. The molecule has 0 spiro atoms. The molecule has 0 aliphatic heterocycles. The van der Waals surface area contributed by atoms with Gasteiger partial charge in [0.25, 0.3) is 0 Å². The number of hydrogen-bond donors (Lipinski definition) is 1. The van der Waals surface area contributed by atoms with Crippen LogP contribution in [0.5, 0.6) is 5.75 Å². The highest BCUT2D eigenvalue weighted by Gasteiger charge is 2.12. The maximum absolute atomic E-state index is 10.0. The molecule has 0 amide bonds. The van der Waals surface area contributed by atoms with Crippen LogP contribution in [0.2, 0.25) is 0 Å². The molecule has 1 atom stereocenters. The molecule has 16 heavy (non-hydrogen) atoms. The van der Waals surface area contributed by atoms with Crippen molar-refractivity contribution in [2.75, 3.05) is 7.11 Å². The molecule has 3 heteroatoms. The molecule has 1 aromatic carbocycles. The van der Waals surface area contributed by atoms with Crippen LogP contribution < -0.4 is 4.74 Å². The predicted molar refractivity (Wildman–Crippen MR) is 69.7 cm³/mol. The lowest BCUT2D eigenvalue weighted by Gasteiger charge is -2.14. The van der Waals surface area contributed by atoms with Gasteiger partial charge in [-0.15, -0.1) is 6.58 Å². The molecule has 0 saturated carbocycles. The van der Waals surface area contributed by atoms with E-state index in [2.05, 4.69) is 22.5 Å². The Labute approximate surface area is 105 Å². The summed E-state index contributed by atoms with van der Waals surface area (Å²) in [6.45, 7) is 5.80. The van der Waals surface area contributed by atoms with Gasteiger partial charge in [-0.2, -0.15) is 0 Å². The minimum Gasteiger partial charge on any atom is -0.497 e. The van der Waals surface area contributed by atoms with E-state index in [1.54, 1.807) is 7.11 Å². The molecule has 1 unspecified atom stereocenters. The van der Waals surface area contributed by atoms with Crippen molar-refractivity contribution in [2.24, 2.45) is 0 Å². The molecular formula is C13H17BrO2. The maximum atomic E-state index is 10.0. The first-order chi connectivity index (χ1) is 7.54. The van der Waals surface area contributed by atoms with Gasteiger partial charge < -0.3 is 9.84 Å². The molecule has 0 fully saturated rings. The fourth-order valence-corrected chi connectivity index (χ4v) is 1.95. The summed E-state index contributed by atoms with van der Waals surface area (Å²) in [6.07, 6.45) is 1.02. The van der Waals surface area contributed by atoms with Crippen LogP contribution in [-0.4, -0.2) is 12.2 Å². The molecule has 0 aliphatic carbocycles. The number of benzene rings is 1. The van der Waals surface area contributed by atoms with Gasteiger partial charge in [0.15, 0.2) is 0 Å². The molecular weight excluding hydrogens is 268 g/mol. The molecule has 0 radical (unpaired) electrons. The molecule has 1 N–H and O–H groups in total. The largest absolute Gasteiger partial charge is 0.497 e. The highest BCUT2D eigenvalue weighted by atomic mass is 79.9. The van der Waals surface area contributed by atoms with E-state index in [9.17, 15) is 5.11 Å². The minimum absolute atomic E-state index is 0.485. The summed E-state index contributed by atoms with van der Waals surface area (Å²) in [5, 5.41) is 10.0. The fourth-order valence-electron chi connectivity index (χ4n) is 1.44. The van der Waals surface area contributed by atoms with Gasteiger partial charge in [0.05, 0.1) is 13.2 Å². The van der Waals surface area contributed by atoms with Crippen molar-refractivity contribution in [3.8, 4) is 5.75 Å². The van der Waals surface area contributed by atoms with Gasteiger partial charge >= 0.3 is 0 Å². The summed E-state index contributed by atoms with van der Waals surface area (Å²) in [5.41, 5.74) is 1.94. The Morgan fingerprint density at radius 1 is 1.56 bits per heavy atom. The van der Waals surface area contributed by atoms with Gasteiger partial charge in [-0.1, -0.05) is 21.5 Å². The lowest BCUT2D eigenvalue weighted by Crippen LogP contribution is -1.99. The summed E-state index contributed by atoms with van der Waals surface area (Å²) in [7, 11) is 1.62. The van der Waals surface area contributed by atoms with Gasteiger partial charge in [-0.05, 0) is 43.5 Å². The summed E-state index contributed by atoms with van der Waals surface area (Å²) < 4.78 is 6.04. The van der Waals surface area contributed by atoms with E-state index in [0.29, 0.717) is 6.42 Å². The van der Waals surface area contributed by atoms with Crippen LogP contribution in [0.3, 0.4) is 0 Å². The topological polar surface area (TPSA) is 29.5 Å². The van der Waals surface area contributed by atoms with E-state index in [1.165, 1.54) is 0 Å². The van der Waals surface area contributed by atoms with E-state index in [4.69, 9.17) is 4.74 Å². The van der Waals surface area contributed by atoms with Crippen molar-refractivity contribution >= 4 is 15.9 Å². The summed E-state index contributed by atoms with van der Waals surface area (Å²) in [6, 6.07) is 5.60. The van der Waals surface area contributed by atoms with Crippen LogP contribution in [0.15, 0.2) is 34.8 Å². The SMILES string of the molecule is C=C(C)CCC(O)c1cc(OC)ccc1Br. The Bertz CT molecular complexity index is 374. The van der Waals surface area contributed by atoms with Crippen LogP contribution in [0, 0.1) is 0 Å². The predicted octanol–water partition coefficient (Wildman–Crippen LogP) is 3.85. The summed E-state index contributed by atoms with van der Waals surface area (Å²) in [5.74, 6) is 0.757. The van der Waals surface area contributed by atoms with Gasteiger partial charge in [0, 0.05) is 4.47 Å². The number of aliphatic hydroxyl groups is 1. The molecule has 2 nitrogen and oxygen atoms in total. The maximum Gasteiger partial charge on any atom is 0.119 e. The first kappa shape index (κ1) is 13.3. The number of ether oxygens (including phenoxy) is 1. The second-order valence-corrected chi connectivity index (χ2v) is 4.75. The van der Waals surface area contributed by atoms with Gasteiger partial charge in [-0.3, -0.25) is 0 Å². The standard InChI is InChI=1S/C13H17BrO2/c1-9(2)4-7-13(15)11-8-10(16-3)5-6-12(11)14/h5-6,8,13,15H,1,4,7H2,2-3H3. The lowest BCUT2D eigenvalue weighted by atomic mass is 10.0. The Kier molecular flexibility index (Phi) is 5.03. The first-order valence-corrected chi connectivity index (χ1v) is 5.99. The van der Waals surface area contributed by atoms with Crippen molar-refractivity contribution in [1.29, 1.82) is 0 Å². The number of hydrogen-bond acceptors (Lipinski definition) is 2. The van der Waals surface area contributed by atoms with Crippen LogP contribution in [0.4, 0.5) is 0 Å². The highest BCUT2D eigenvalue weighted by Crippen LogP contribution is 2.30. The molecule has 1 rings (SSSR count). The van der Waals surface area contributed by atoms with Crippen LogP contribution in [0.1, 0.15) is 31.4 Å². The number of allylic oxidation sites excluding steroid dienone is 1. The smallest absolute Gasteiger partial charge is 0.119 e. The molecule has 0 saturated heterocycles. The normalized spacial score (nSPS) is 12.2. The van der Waals surface area contributed by atoms with Gasteiger partial charge in [0.1, 0.15) is 5.75 Å². The number of halogens is 1. The van der Waals surface area contributed by atoms with Crippen molar-refractivity contribution in [1.82, 2.24) is 0 Å². The Balaban J connectivity index is 2.80. The monoisotopic (exact) mass is 284 g/mol. The van der Waals surface area contributed by atoms with Gasteiger partial charge in [0.2, 0.25) is 0 Å². The fraction of sp³-hybridized carbons (Fsp3) is 0.385. The Morgan fingerprint density at radius 2 is 2.25 bits per heavy atom. The van der Waals surface area contributed by atoms with Crippen LogP contribution in [0.25, 0.3) is 0 Å². The van der Waals surface area contributed by atoms with E-state index in [0.717, 1.165) is 27.8 Å². The number of rotatable bonds is 5. The van der Waals surface area contributed by atoms with E-state index in [-0.39, 0.29) is 0 Å². The van der Waals surface area contributed by atoms with Crippen LogP contribution in [-0.2, 0) is 0 Å². The first-order valence-electron chi connectivity index (χ1n) is 5.20. The van der Waals surface area contributed by atoms with Crippen molar-refractivity contribution in [3.05, 3.63) is 40.4 Å². The lowest BCUT2D eigenvalue weighted by molar-refractivity contribution is 0.166. The highest BCUT2D eigenvalue weighted by molar-refractivity contribution is 9.10. The summed E-state index contributed by atoms with van der Waals surface area (Å²) >= 11 is 3.43. The summed E-state index contributed by atoms with van der Waals surface area (Å²) in [4.78, 5) is 0. The van der Waals surface area contributed by atoms with E-state index < -0.39 is 6.10 Å². The third-order valence-electron chi connectivity index (χ3n) is 2.41. The van der Waals surface area contributed by atoms with Crippen LogP contribution >= 0.6 is 15.9 Å². The second kappa shape index (κ2) is 6.06. The zero-order valence-electron chi connectivity index (χ0n) is 9.66. The average Bonchev–Trinajstić information content (AvgIpc) is 2.26. The number of aliphatic hydroxyl groups excluding tert-OH is 1. The van der Waals surface area contributed by atoms with Crippen molar-refractivity contribution in [2.45, 2.75) is 25.9 Å². The average molecular weight is 285 g/mol. The Morgan fingerprint density at radius 3 is 2.81 bits per heavy atom. The zero-order valence-corrected chi connectivity index (χ0v) is 11.3.